The van der Waals surface area contributed by atoms with Crippen molar-refractivity contribution in [3.8, 4) is 0 Å². The molecule has 2 aromatic heterocycles. The Balaban J connectivity index is 2.24. The fourth-order valence-corrected chi connectivity index (χ4v) is 2.21. The molecule has 2 aromatic rings. The highest BCUT2D eigenvalue weighted by Crippen LogP contribution is 2.23. The first-order chi connectivity index (χ1) is 8.65. The lowest BCUT2D eigenvalue weighted by atomic mass is 10.0. The van der Waals surface area contributed by atoms with Crippen molar-refractivity contribution < 1.29 is 0 Å². The van der Waals surface area contributed by atoms with Gasteiger partial charge in [0.15, 0.2) is 17.0 Å². The maximum atomic E-state index is 5.95. The highest BCUT2D eigenvalue weighted by molar-refractivity contribution is 5.82. The van der Waals surface area contributed by atoms with E-state index in [9.17, 15) is 0 Å². The molecule has 94 valence electrons. The van der Waals surface area contributed by atoms with Crippen molar-refractivity contribution in [3.05, 3.63) is 11.4 Å². The highest BCUT2D eigenvalue weighted by atomic mass is 15.2. The number of rotatable bonds is 1. The molecule has 2 heterocycles. The third-order valence-corrected chi connectivity index (χ3v) is 3.18. The number of fused-ring (bicyclic) bond motifs is 2. The fraction of sp³-hybridized carbons (Fsp3) is 0.500. The SMILES string of the molecule is CN(C)c1nc(N)c2nc3c(nc2n1)CCCC3. The quantitative estimate of drug-likeness (QED) is 0.804. The van der Waals surface area contributed by atoms with Crippen molar-refractivity contribution in [3.63, 3.8) is 0 Å². The van der Waals surface area contributed by atoms with Crippen LogP contribution in [0.3, 0.4) is 0 Å². The summed E-state index contributed by atoms with van der Waals surface area (Å²) in [5.74, 6) is 0.981. The van der Waals surface area contributed by atoms with Gasteiger partial charge in [0.2, 0.25) is 5.95 Å². The molecule has 18 heavy (non-hydrogen) atoms. The van der Waals surface area contributed by atoms with Gasteiger partial charge in [-0.2, -0.15) is 9.97 Å². The van der Waals surface area contributed by atoms with E-state index in [0.717, 1.165) is 24.2 Å². The normalized spacial score (nSPS) is 14.6. The van der Waals surface area contributed by atoms with Crippen molar-refractivity contribution >= 4 is 22.9 Å². The molecule has 1 aliphatic rings. The molecule has 6 nitrogen and oxygen atoms in total. The number of anilines is 2. The Kier molecular flexibility index (Phi) is 2.50. The maximum Gasteiger partial charge on any atom is 0.228 e. The largest absolute Gasteiger partial charge is 0.382 e. The zero-order valence-electron chi connectivity index (χ0n) is 10.6. The van der Waals surface area contributed by atoms with Gasteiger partial charge in [-0.05, 0) is 25.7 Å². The van der Waals surface area contributed by atoms with Crippen molar-refractivity contribution in [2.45, 2.75) is 25.7 Å². The molecule has 0 spiro atoms. The highest BCUT2D eigenvalue weighted by Gasteiger charge is 2.16. The molecule has 0 aromatic carbocycles. The number of hydrogen-bond donors (Lipinski definition) is 1. The summed E-state index contributed by atoms with van der Waals surface area (Å²) < 4.78 is 0. The number of aromatic nitrogens is 4. The van der Waals surface area contributed by atoms with Crippen LogP contribution in [0, 0.1) is 0 Å². The lowest BCUT2D eigenvalue weighted by molar-refractivity contribution is 0.654. The van der Waals surface area contributed by atoms with Crippen LogP contribution in [0.25, 0.3) is 11.2 Å². The molecule has 2 N–H and O–H groups in total. The minimum absolute atomic E-state index is 0.407. The Morgan fingerprint density at radius 3 is 2.28 bits per heavy atom. The lowest BCUT2D eigenvalue weighted by Crippen LogP contribution is -2.16. The summed E-state index contributed by atoms with van der Waals surface area (Å²) in [5, 5.41) is 0. The van der Waals surface area contributed by atoms with E-state index in [-0.39, 0.29) is 0 Å². The molecule has 0 aliphatic heterocycles. The van der Waals surface area contributed by atoms with Crippen LogP contribution in [0.5, 0.6) is 0 Å². The minimum atomic E-state index is 0.407. The van der Waals surface area contributed by atoms with Gasteiger partial charge in [-0.3, -0.25) is 0 Å². The van der Waals surface area contributed by atoms with Gasteiger partial charge in [0.1, 0.15) is 0 Å². The van der Waals surface area contributed by atoms with Crippen molar-refractivity contribution in [1.29, 1.82) is 0 Å². The molecule has 1 aliphatic carbocycles. The van der Waals surface area contributed by atoms with Gasteiger partial charge in [0.25, 0.3) is 0 Å². The standard InChI is InChI=1S/C12H16N6/c1-18(2)12-16-10(13)9-11(17-12)15-8-6-4-3-5-7(8)14-9/h3-6H2,1-2H3,(H2,13,15,16,17). The average Bonchev–Trinajstić information content (AvgIpc) is 2.36. The van der Waals surface area contributed by atoms with Crippen LogP contribution < -0.4 is 10.6 Å². The van der Waals surface area contributed by atoms with Crippen molar-refractivity contribution in [2.75, 3.05) is 24.7 Å². The van der Waals surface area contributed by atoms with Gasteiger partial charge < -0.3 is 10.6 Å². The molecule has 6 heteroatoms. The number of nitrogen functional groups attached to an aromatic ring is 1. The first-order valence-corrected chi connectivity index (χ1v) is 6.15. The second kappa shape index (κ2) is 4.04. The Bertz CT molecular complexity index is 607. The van der Waals surface area contributed by atoms with E-state index >= 15 is 0 Å². The van der Waals surface area contributed by atoms with Crippen molar-refractivity contribution in [2.24, 2.45) is 0 Å². The number of aryl methyl sites for hydroxylation is 2. The summed E-state index contributed by atoms with van der Waals surface area (Å²) in [6.45, 7) is 0. The van der Waals surface area contributed by atoms with E-state index in [4.69, 9.17) is 5.73 Å². The molecular weight excluding hydrogens is 228 g/mol. The third-order valence-electron chi connectivity index (χ3n) is 3.18. The van der Waals surface area contributed by atoms with Gasteiger partial charge >= 0.3 is 0 Å². The summed E-state index contributed by atoms with van der Waals surface area (Å²) in [6.07, 6.45) is 4.31. The Labute approximate surface area is 105 Å². The number of nitrogens with two attached hydrogens (primary N) is 1. The van der Waals surface area contributed by atoms with Crippen LogP contribution in [0.1, 0.15) is 24.2 Å². The monoisotopic (exact) mass is 244 g/mol. The zero-order valence-corrected chi connectivity index (χ0v) is 10.6. The molecular formula is C12H16N6. The van der Waals surface area contributed by atoms with Gasteiger partial charge in [-0.25, -0.2) is 9.97 Å². The topological polar surface area (TPSA) is 80.8 Å². The Morgan fingerprint density at radius 1 is 0.944 bits per heavy atom. The average molecular weight is 244 g/mol. The van der Waals surface area contributed by atoms with Gasteiger partial charge in [0, 0.05) is 14.1 Å². The summed E-state index contributed by atoms with van der Waals surface area (Å²) in [6, 6.07) is 0. The zero-order chi connectivity index (χ0) is 12.7. The van der Waals surface area contributed by atoms with Crippen LogP contribution in [0.2, 0.25) is 0 Å². The number of hydrogen-bond acceptors (Lipinski definition) is 6. The van der Waals surface area contributed by atoms with Crippen LogP contribution >= 0.6 is 0 Å². The van der Waals surface area contributed by atoms with Crippen LogP contribution in [0.15, 0.2) is 0 Å². The molecule has 0 amide bonds. The smallest absolute Gasteiger partial charge is 0.228 e. The van der Waals surface area contributed by atoms with Crippen LogP contribution in [-0.2, 0) is 12.8 Å². The molecule has 0 saturated carbocycles. The third kappa shape index (κ3) is 1.73. The van der Waals surface area contributed by atoms with E-state index in [0.29, 0.717) is 22.9 Å². The maximum absolute atomic E-state index is 5.95. The molecule has 0 fully saturated rings. The molecule has 3 rings (SSSR count). The molecule has 0 atom stereocenters. The molecule has 0 radical (unpaired) electrons. The Hall–Kier alpha value is -1.98. The second-order valence-electron chi connectivity index (χ2n) is 4.80. The van der Waals surface area contributed by atoms with E-state index in [1.165, 1.54) is 12.8 Å². The molecule has 0 unspecified atom stereocenters. The fourth-order valence-electron chi connectivity index (χ4n) is 2.21. The predicted molar refractivity (Wildman–Crippen MR) is 70.5 cm³/mol. The lowest BCUT2D eigenvalue weighted by Gasteiger charge is -2.16. The number of nitrogens with zero attached hydrogens (tertiary/aromatic N) is 5. The van der Waals surface area contributed by atoms with Gasteiger partial charge in [-0.15, -0.1) is 0 Å². The summed E-state index contributed by atoms with van der Waals surface area (Å²) in [4.78, 5) is 19.6. The summed E-state index contributed by atoms with van der Waals surface area (Å²) >= 11 is 0. The van der Waals surface area contributed by atoms with Crippen LogP contribution in [0.4, 0.5) is 11.8 Å². The minimum Gasteiger partial charge on any atom is -0.382 e. The first-order valence-electron chi connectivity index (χ1n) is 6.15. The summed E-state index contributed by atoms with van der Waals surface area (Å²) in [7, 11) is 3.76. The van der Waals surface area contributed by atoms with Crippen LogP contribution in [-0.4, -0.2) is 34.0 Å². The van der Waals surface area contributed by atoms with Gasteiger partial charge in [-0.1, -0.05) is 0 Å². The van der Waals surface area contributed by atoms with Crippen molar-refractivity contribution in [1.82, 2.24) is 19.9 Å². The van der Waals surface area contributed by atoms with E-state index in [1.54, 1.807) is 0 Å². The summed E-state index contributed by atoms with van der Waals surface area (Å²) in [5.41, 5.74) is 9.30. The van der Waals surface area contributed by atoms with E-state index < -0.39 is 0 Å². The molecule has 0 saturated heterocycles. The second-order valence-corrected chi connectivity index (χ2v) is 4.80. The van der Waals surface area contributed by atoms with Gasteiger partial charge in [0.05, 0.1) is 11.4 Å². The van der Waals surface area contributed by atoms with E-state index in [1.807, 2.05) is 19.0 Å². The Morgan fingerprint density at radius 2 is 1.61 bits per heavy atom. The first kappa shape index (κ1) is 11.1. The predicted octanol–water partition coefficient (Wildman–Crippen LogP) is 0.947. The molecule has 0 bridgehead atoms. The van der Waals surface area contributed by atoms with E-state index in [2.05, 4.69) is 19.9 Å².